The highest BCUT2D eigenvalue weighted by atomic mass is 35.5. The van der Waals surface area contributed by atoms with Gasteiger partial charge in [0, 0.05) is 48.7 Å². The third-order valence-corrected chi connectivity index (χ3v) is 11.4. The number of anilines is 1. The molecule has 44 heavy (non-hydrogen) atoms. The van der Waals surface area contributed by atoms with Gasteiger partial charge in [-0.15, -0.1) is 24.9 Å². The van der Waals surface area contributed by atoms with Crippen molar-refractivity contribution in [3.8, 4) is 0 Å². The van der Waals surface area contributed by atoms with Crippen molar-refractivity contribution in [1.29, 1.82) is 0 Å². The van der Waals surface area contributed by atoms with Gasteiger partial charge in [0.25, 0.3) is 5.91 Å². The zero-order valence-electron chi connectivity index (χ0n) is 25.2. The summed E-state index contributed by atoms with van der Waals surface area (Å²) >= 11 is 7.85. The summed E-state index contributed by atoms with van der Waals surface area (Å²) in [5.74, 6) is -1.34. The van der Waals surface area contributed by atoms with Crippen molar-refractivity contribution in [2.75, 3.05) is 31.1 Å². The van der Waals surface area contributed by atoms with Gasteiger partial charge in [-0.2, -0.15) is 0 Å². The molecule has 7 nitrogen and oxygen atoms in total. The van der Waals surface area contributed by atoms with E-state index in [0.29, 0.717) is 43.2 Å². The van der Waals surface area contributed by atoms with E-state index in [1.807, 2.05) is 42.5 Å². The first-order chi connectivity index (χ1) is 21.4. The quantitative estimate of drug-likeness (QED) is 0.200. The summed E-state index contributed by atoms with van der Waals surface area (Å²) in [6.07, 6.45) is 8.06. The number of likely N-dealkylation sites (tertiary alicyclic amines) is 1. The number of nitrogens with zero attached hydrogens (tertiary/aromatic N) is 3. The molecule has 0 saturated carbocycles. The molecule has 2 aromatic carbocycles. The maximum absolute atomic E-state index is 14.7. The number of carbonyl (C=O) groups is 3. The number of hydrogen-bond acceptors (Lipinski definition) is 5. The first kappa shape index (κ1) is 32.3. The average molecular weight is 636 g/mol. The number of halogens is 1. The Morgan fingerprint density at radius 1 is 1.00 bits per heavy atom. The van der Waals surface area contributed by atoms with Gasteiger partial charge in [0.2, 0.25) is 11.8 Å². The minimum atomic E-state index is -0.691. The largest absolute Gasteiger partial charge is 0.396 e. The van der Waals surface area contributed by atoms with E-state index in [0.717, 1.165) is 31.2 Å². The van der Waals surface area contributed by atoms with Crippen LogP contribution in [0.25, 0.3) is 0 Å². The highest BCUT2D eigenvalue weighted by Crippen LogP contribution is 2.66. The van der Waals surface area contributed by atoms with Crippen LogP contribution in [0, 0.1) is 11.8 Å². The monoisotopic (exact) mass is 635 g/mol. The maximum atomic E-state index is 14.7. The van der Waals surface area contributed by atoms with Gasteiger partial charge in [-0.05, 0) is 55.5 Å². The third kappa shape index (κ3) is 6.22. The summed E-state index contributed by atoms with van der Waals surface area (Å²) in [5, 5.41) is 9.78. The van der Waals surface area contributed by atoms with Crippen LogP contribution >= 0.6 is 23.4 Å². The van der Waals surface area contributed by atoms with Crippen LogP contribution < -0.4 is 4.90 Å². The lowest BCUT2D eigenvalue weighted by Gasteiger charge is -2.37. The van der Waals surface area contributed by atoms with Crippen LogP contribution in [0.5, 0.6) is 0 Å². The Bertz CT molecular complexity index is 1360. The topological polar surface area (TPSA) is 81.2 Å². The highest BCUT2D eigenvalue weighted by Gasteiger charge is 2.74. The van der Waals surface area contributed by atoms with E-state index in [-0.39, 0.29) is 36.1 Å². The first-order valence-corrected chi connectivity index (χ1v) is 16.8. The summed E-state index contributed by atoms with van der Waals surface area (Å²) in [4.78, 5) is 48.8. The van der Waals surface area contributed by atoms with Crippen LogP contribution in [0.4, 0.5) is 5.69 Å². The Kier molecular flexibility index (Phi) is 10.5. The van der Waals surface area contributed by atoms with Gasteiger partial charge in [0.1, 0.15) is 6.04 Å². The van der Waals surface area contributed by atoms with Crippen molar-refractivity contribution in [1.82, 2.24) is 9.80 Å². The first-order valence-electron chi connectivity index (χ1n) is 15.6. The predicted molar refractivity (Wildman–Crippen MR) is 177 cm³/mol. The molecule has 3 heterocycles. The molecule has 1 spiro atoms. The Balaban J connectivity index is 1.49. The molecule has 5 atom stereocenters. The lowest BCUT2D eigenvalue weighted by Crippen LogP contribution is -2.55. The smallest absolute Gasteiger partial charge is 0.251 e. The van der Waals surface area contributed by atoms with E-state index in [4.69, 9.17) is 11.6 Å². The van der Waals surface area contributed by atoms with Crippen LogP contribution in [-0.2, 0) is 20.9 Å². The van der Waals surface area contributed by atoms with E-state index >= 15 is 0 Å². The number of aliphatic hydroxyl groups excluding tert-OH is 1. The standard InChI is InChI=1S/C35H42ClN3O4S/c1-3-20-37(24-25-12-8-7-9-13-25)32(41)29-28-18-19-35(44-28)30(29)33(42)39(22-10-5-6-11-23-40)31(35)34(43)38(21-4-2)27-16-14-26(36)15-17-27/h3-4,7-9,12-17,28-31,40H,1-2,5-6,10-11,18-24H2/t28-,29+,30+,31?,35?/m1/s1. The van der Waals surface area contributed by atoms with E-state index in [2.05, 4.69) is 13.2 Å². The molecule has 3 amide bonds. The zero-order chi connectivity index (χ0) is 31.3. The highest BCUT2D eigenvalue weighted by molar-refractivity contribution is 8.02. The number of aliphatic hydroxyl groups is 1. The van der Waals surface area contributed by atoms with E-state index < -0.39 is 22.6 Å². The zero-order valence-corrected chi connectivity index (χ0v) is 26.7. The van der Waals surface area contributed by atoms with E-state index in [1.54, 1.807) is 50.7 Å². The molecule has 3 saturated heterocycles. The summed E-state index contributed by atoms with van der Waals surface area (Å²) in [7, 11) is 0. The molecule has 2 unspecified atom stereocenters. The van der Waals surface area contributed by atoms with Crippen molar-refractivity contribution in [2.24, 2.45) is 11.8 Å². The predicted octanol–water partition coefficient (Wildman–Crippen LogP) is 5.72. The molecule has 3 aliphatic rings. The van der Waals surface area contributed by atoms with Gasteiger partial charge in [-0.25, -0.2) is 0 Å². The second kappa shape index (κ2) is 14.4. The van der Waals surface area contributed by atoms with Gasteiger partial charge >= 0.3 is 0 Å². The SMILES string of the molecule is C=CCN(Cc1ccccc1)C(=O)[C@@H]1[C@H]2C(=O)N(CCCCCCO)C(C(=O)N(CC=C)c3ccc(Cl)cc3)C23CC[C@H]1S3. The molecular weight excluding hydrogens is 594 g/mol. The van der Waals surface area contributed by atoms with Crippen molar-refractivity contribution in [3.05, 3.63) is 90.5 Å². The normalized spacial score (nSPS) is 25.1. The van der Waals surface area contributed by atoms with Gasteiger partial charge in [-0.1, -0.05) is 66.9 Å². The van der Waals surface area contributed by atoms with Gasteiger partial charge in [0.05, 0.1) is 16.6 Å². The Labute approximate surface area is 269 Å². The molecule has 3 aliphatic heterocycles. The summed E-state index contributed by atoms with van der Waals surface area (Å²) in [6.45, 7) is 9.48. The Morgan fingerprint density at radius 2 is 1.70 bits per heavy atom. The molecule has 2 aromatic rings. The number of amides is 3. The molecule has 0 radical (unpaired) electrons. The second-order valence-electron chi connectivity index (χ2n) is 11.9. The molecule has 3 fully saturated rings. The molecule has 234 valence electrons. The summed E-state index contributed by atoms with van der Waals surface area (Å²) < 4.78 is -0.678. The van der Waals surface area contributed by atoms with Crippen LogP contribution in [0.2, 0.25) is 5.02 Å². The number of benzene rings is 2. The number of rotatable bonds is 15. The van der Waals surface area contributed by atoms with E-state index in [1.165, 1.54) is 0 Å². The Hall–Kier alpha value is -3.07. The van der Waals surface area contributed by atoms with Gasteiger partial charge in [0.15, 0.2) is 0 Å². The molecule has 9 heteroatoms. The van der Waals surface area contributed by atoms with Crippen LogP contribution in [0.1, 0.15) is 44.1 Å². The minimum absolute atomic E-state index is 0.0232. The lowest BCUT2D eigenvalue weighted by atomic mass is 9.70. The lowest BCUT2D eigenvalue weighted by molar-refractivity contribution is -0.144. The van der Waals surface area contributed by atoms with Crippen LogP contribution in [0.15, 0.2) is 79.9 Å². The van der Waals surface area contributed by atoms with Crippen LogP contribution in [0.3, 0.4) is 0 Å². The van der Waals surface area contributed by atoms with Crippen molar-refractivity contribution >= 4 is 46.8 Å². The summed E-state index contributed by atoms with van der Waals surface area (Å²) in [5.41, 5.74) is 1.71. The Morgan fingerprint density at radius 3 is 2.39 bits per heavy atom. The fourth-order valence-corrected chi connectivity index (χ4v) is 9.66. The molecule has 0 aromatic heterocycles. The molecule has 2 bridgehead atoms. The number of hydrogen-bond donors (Lipinski definition) is 1. The number of fused-ring (bicyclic) bond motifs is 1. The number of unbranched alkanes of at least 4 members (excludes halogenated alkanes) is 3. The maximum Gasteiger partial charge on any atom is 0.251 e. The fraction of sp³-hybridized carbons (Fsp3) is 0.457. The van der Waals surface area contributed by atoms with Crippen molar-refractivity contribution in [2.45, 2.75) is 61.1 Å². The molecule has 5 rings (SSSR count). The van der Waals surface area contributed by atoms with E-state index in [9.17, 15) is 19.5 Å². The summed E-state index contributed by atoms with van der Waals surface area (Å²) in [6, 6.07) is 16.3. The third-order valence-electron chi connectivity index (χ3n) is 9.22. The minimum Gasteiger partial charge on any atom is -0.396 e. The number of carbonyl (C=O) groups excluding carboxylic acids is 3. The van der Waals surface area contributed by atoms with Crippen LogP contribution in [-0.4, -0.2) is 74.9 Å². The van der Waals surface area contributed by atoms with Crippen molar-refractivity contribution < 1.29 is 19.5 Å². The van der Waals surface area contributed by atoms with Gasteiger partial charge in [-0.3, -0.25) is 14.4 Å². The average Bonchev–Trinajstić information content (AvgIpc) is 3.67. The molecule has 0 aliphatic carbocycles. The number of thioether (sulfide) groups is 1. The molecular formula is C35H42ClN3O4S. The van der Waals surface area contributed by atoms with Gasteiger partial charge < -0.3 is 19.8 Å². The van der Waals surface area contributed by atoms with Crippen molar-refractivity contribution in [3.63, 3.8) is 0 Å². The molecule has 1 N–H and O–H groups in total. The fourth-order valence-electron chi connectivity index (χ4n) is 7.33. The second-order valence-corrected chi connectivity index (χ2v) is 14.0.